The summed E-state index contributed by atoms with van der Waals surface area (Å²) in [5, 5.41) is 0. The van der Waals surface area contributed by atoms with E-state index < -0.39 is 0 Å². The van der Waals surface area contributed by atoms with Crippen molar-refractivity contribution in [1.82, 2.24) is 9.97 Å². The number of hydrazine groups is 1. The number of nitrogens with two attached hydrogens (primary N) is 1. The molecule has 1 aliphatic rings. The molecule has 1 saturated carbocycles. The van der Waals surface area contributed by atoms with E-state index in [-0.39, 0.29) is 0 Å². The van der Waals surface area contributed by atoms with E-state index in [1.165, 1.54) is 32.1 Å². The van der Waals surface area contributed by atoms with E-state index in [0.717, 1.165) is 12.4 Å². The minimum Gasteiger partial charge on any atom is -0.354 e. The van der Waals surface area contributed by atoms with Gasteiger partial charge in [-0.15, -0.1) is 0 Å². The standard InChI is InChI=1S/C12H21N5/c1-2-17(10-6-4-3-5-7-10)12-8-11(16-13)14-9-15-12/h8-10H,2-7,13H2,1H3,(H,14,15,16). The fourth-order valence-electron chi connectivity index (χ4n) is 2.58. The number of nitrogens with zero attached hydrogens (tertiary/aromatic N) is 3. The van der Waals surface area contributed by atoms with Gasteiger partial charge >= 0.3 is 0 Å². The quantitative estimate of drug-likeness (QED) is 0.616. The summed E-state index contributed by atoms with van der Waals surface area (Å²) in [6.07, 6.45) is 8.12. The Morgan fingerprint density at radius 3 is 2.76 bits per heavy atom. The predicted octanol–water partition coefficient (Wildman–Crippen LogP) is 1.92. The molecule has 0 aromatic carbocycles. The highest BCUT2D eigenvalue weighted by Gasteiger charge is 2.21. The molecule has 17 heavy (non-hydrogen) atoms. The summed E-state index contributed by atoms with van der Waals surface area (Å²) in [7, 11) is 0. The Hall–Kier alpha value is -1.36. The summed E-state index contributed by atoms with van der Waals surface area (Å²) in [6, 6.07) is 2.53. The van der Waals surface area contributed by atoms with Crippen LogP contribution in [0.2, 0.25) is 0 Å². The molecule has 1 aliphatic carbocycles. The zero-order valence-corrected chi connectivity index (χ0v) is 10.4. The maximum atomic E-state index is 5.38. The van der Waals surface area contributed by atoms with Crippen LogP contribution in [-0.4, -0.2) is 22.6 Å². The Labute approximate surface area is 102 Å². The molecule has 0 unspecified atom stereocenters. The number of rotatable bonds is 4. The minimum atomic E-state index is 0.620. The molecule has 1 heterocycles. The third-order valence-electron chi connectivity index (χ3n) is 3.45. The first-order valence-electron chi connectivity index (χ1n) is 6.40. The molecule has 0 bridgehead atoms. The molecule has 5 nitrogen and oxygen atoms in total. The van der Waals surface area contributed by atoms with E-state index in [1.54, 1.807) is 6.33 Å². The molecule has 1 fully saturated rings. The number of hydrogen-bond acceptors (Lipinski definition) is 5. The molecule has 0 spiro atoms. The smallest absolute Gasteiger partial charge is 0.145 e. The van der Waals surface area contributed by atoms with Crippen molar-refractivity contribution in [1.29, 1.82) is 0 Å². The van der Waals surface area contributed by atoms with Gasteiger partial charge in [0.15, 0.2) is 0 Å². The molecular formula is C12H21N5. The second kappa shape index (κ2) is 5.82. The first-order valence-corrected chi connectivity index (χ1v) is 6.40. The maximum Gasteiger partial charge on any atom is 0.145 e. The van der Waals surface area contributed by atoms with Crippen LogP contribution in [-0.2, 0) is 0 Å². The van der Waals surface area contributed by atoms with Gasteiger partial charge in [0.25, 0.3) is 0 Å². The highest BCUT2D eigenvalue weighted by molar-refractivity contribution is 5.48. The van der Waals surface area contributed by atoms with Crippen molar-refractivity contribution in [2.45, 2.75) is 45.1 Å². The van der Waals surface area contributed by atoms with Crippen LogP contribution in [0.25, 0.3) is 0 Å². The lowest BCUT2D eigenvalue weighted by Crippen LogP contribution is -2.37. The first-order chi connectivity index (χ1) is 8.35. The Morgan fingerprint density at radius 1 is 1.35 bits per heavy atom. The van der Waals surface area contributed by atoms with Crippen molar-refractivity contribution in [3.8, 4) is 0 Å². The highest BCUT2D eigenvalue weighted by Crippen LogP contribution is 2.26. The van der Waals surface area contributed by atoms with Gasteiger partial charge in [-0.3, -0.25) is 0 Å². The zero-order valence-electron chi connectivity index (χ0n) is 10.4. The largest absolute Gasteiger partial charge is 0.354 e. The van der Waals surface area contributed by atoms with Gasteiger partial charge in [0.05, 0.1) is 0 Å². The lowest BCUT2D eigenvalue weighted by Gasteiger charge is -2.34. The van der Waals surface area contributed by atoms with E-state index in [0.29, 0.717) is 11.9 Å². The van der Waals surface area contributed by atoms with E-state index in [9.17, 15) is 0 Å². The molecule has 0 atom stereocenters. The van der Waals surface area contributed by atoms with Gasteiger partial charge in [-0.05, 0) is 19.8 Å². The van der Waals surface area contributed by atoms with Crippen LogP contribution in [0, 0.1) is 0 Å². The summed E-state index contributed by atoms with van der Waals surface area (Å²) < 4.78 is 0. The zero-order chi connectivity index (χ0) is 12.1. The average molecular weight is 235 g/mol. The number of hydrogen-bond donors (Lipinski definition) is 2. The lowest BCUT2D eigenvalue weighted by atomic mass is 9.94. The number of aromatic nitrogens is 2. The first kappa shape index (κ1) is 12.1. The molecule has 1 aromatic rings. The van der Waals surface area contributed by atoms with Gasteiger partial charge < -0.3 is 10.3 Å². The fourth-order valence-corrected chi connectivity index (χ4v) is 2.58. The summed E-state index contributed by atoms with van der Waals surface area (Å²) in [4.78, 5) is 10.8. The lowest BCUT2D eigenvalue weighted by molar-refractivity contribution is 0.416. The minimum absolute atomic E-state index is 0.620. The van der Waals surface area contributed by atoms with E-state index in [1.807, 2.05) is 6.07 Å². The third-order valence-corrected chi connectivity index (χ3v) is 3.45. The van der Waals surface area contributed by atoms with E-state index in [4.69, 9.17) is 5.84 Å². The molecule has 94 valence electrons. The molecular weight excluding hydrogens is 214 g/mol. The highest BCUT2D eigenvalue weighted by atomic mass is 15.3. The Bertz CT molecular complexity index is 349. The molecule has 2 rings (SSSR count). The van der Waals surface area contributed by atoms with Crippen molar-refractivity contribution in [3.63, 3.8) is 0 Å². The molecule has 0 aliphatic heterocycles. The molecule has 5 heteroatoms. The van der Waals surface area contributed by atoms with Crippen molar-refractivity contribution in [2.75, 3.05) is 16.9 Å². The molecule has 0 radical (unpaired) electrons. The molecule has 1 aromatic heterocycles. The summed E-state index contributed by atoms with van der Waals surface area (Å²) in [5.74, 6) is 7.02. The van der Waals surface area contributed by atoms with Gasteiger partial charge in [0.1, 0.15) is 18.0 Å². The topological polar surface area (TPSA) is 67.1 Å². The van der Waals surface area contributed by atoms with Crippen LogP contribution in [0.15, 0.2) is 12.4 Å². The van der Waals surface area contributed by atoms with Crippen LogP contribution < -0.4 is 16.2 Å². The van der Waals surface area contributed by atoms with Gasteiger partial charge in [-0.25, -0.2) is 15.8 Å². The Morgan fingerprint density at radius 2 is 2.12 bits per heavy atom. The van der Waals surface area contributed by atoms with Gasteiger partial charge in [0.2, 0.25) is 0 Å². The Balaban J connectivity index is 2.15. The van der Waals surface area contributed by atoms with Gasteiger partial charge in [-0.1, -0.05) is 19.3 Å². The second-order valence-electron chi connectivity index (χ2n) is 4.48. The van der Waals surface area contributed by atoms with Crippen LogP contribution in [0.3, 0.4) is 0 Å². The summed E-state index contributed by atoms with van der Waals surface area (Å²) in [6.45, 7) is 3.15. The van der Waals surface area contributed by atoms with Gasteiger partial charge in [0, 0.05) is 18.7 Å². The van der Waals surface area contributed by atoms with Crippen molar-refractivity contribution < 1.29 is 0 Å². The van der Waals surface area contributed by atoms with Crippen molar-refractivity contribution >= 4 is 11.6 Å². The fraction of sp³-hybridized carbons (Fsp3) is 0.667. The number of nitrogen functional groups attached to an aromatic ring is 1. The van der Waals surface area contributed by atoms with Crippen LogP contribution in [0.4, 0.5) is 11.6 Å². The second-order valence-corrected chi connectivity index (χ2v) is 4.48. The molecule has 3 N–H and O–H groups in total. The third kappa shape index (κ3) is 2.85. The SMILES string of the molecule is CCN(c1cc(NN)ncn1)C1CCCCC1. The monoisotopic (exact) mass is 235 g/mol. The van der Waals surface area contributed by atoms with Gasteiger partial charge in [-0.2, -0.15) is 0 Å². The van der Waals surface area contributed by atoms with Crippen molar-refractivity contribution in [2.24, 2.45) is 5.84 Å². The normalized spacial score (nSPS) is 16.8. The van der Waals surface area contributed by atoms with Crippen LogP contribution >= 0.6 is 0 Å². The number of nitrogens with one attached hydrogen (secondary N) is 1. The van der Waals surface area contributed by atoms with E-state index in [2.05, 4.69) is 27.2 Å². The van der Waals surface area contributed by atoms with Crippen LogP contribution in [0.1, 0.15) is 39.0 Å². The molecule has 0 amide bonds. The van der Waals surface area contributed by atoms with Crippen LogP contribution in [0.5, 0.6) is 0 Å². The van der Waals surface area contributed by atoms with Crippen molar-refractivity contribution in [3.05, 3.63) is 12.4 Å². The maximum absolute atomic E-state index is 5.38. The Kier molecular flexibility index (Phi) is 4.14. The van der Waals surface area contributed by atoms with E-state index >= 15 is 0 Å². The molecule has 0 saturated heterocycles. The predicted molar refractivity (Wildman–Crippen MR) is 69.7 cm³/mol. The average Bonchev–Trinajstić information content (AvgIpc) is 2.41. The number of anilines is 2. The summed E-state index contributed by atoms with van der Waals surface area (Å²) >= 11 is 0. The summed E-state index contributed by atoms with van der Waals surface area (Å²) in [5.41, 5.74) is 2.57.